The highest BCUT2D eigenvalue weighted by atomic mass is 127. The Bertz CT molecular complexity index is 220. The number of ether oxygens (including phenoxy) is 1. The van der Waals surface area contributed by atoms with Crippen LogP contribution in [-0.2, 0) is 4.74 Å². The maximum absolute atomic E-state index is 6.29. The van der Waals surface area contributed by atoms with Crippen molar-refractivity contribution in [2.75, 3.05) is 4.43 Å². The van der Waals surface area contributed by atoms with E-state index in [0.29, 0.717) is 5.60 Å². The SMILES string of the molecule is CC(C)C1CC2(CCC(C)(CI)O2)C1. The molecule has 0 radical (unpaired) electrons. The average Bonchev–Trinajstić information content (AvgIpc) is 2.42. The summed E-state index contributed by atoms with van der Waals surface area (Å²) in [6.45, 7) is 6.95. The first-order chi connectivity index (χ1) is 6.49. The van der Waals surface area contributed by atoms with Gasteiger partial charge in [-0.1, -0.05) is 36.4 Å². The summed E-state index contributed by atoms with van der Waals surface area (Å²) in [6, 6.07) is 0. The Morgan fingerprint density at radius 3 is 2.43 bits per heavy atom. The third-order valence-electron chi connectivity index (χ3n) is 4.07. The normalized spacial score (nSPS) is 47.4. The molecule has 1 saturated heterocycles. The van der Waals surface area contributed by atoms with Crippen LogP contribution >= 0.6 is 22.6 Å². The van der Waals surface area contributed by atoms with E-state index in [1.54, 1.807) is 0 Å². The zero-order valence-corrected chi connectivity index (χ0v) is 11.6. The van der Waals surface area contributed by atoms with Gasteiger partial charge in [0.2, 0.25) is 0 Å². The van der Waals surface area contributed by atoms with E-state index in [1.165, 1.54) is 25.7 Å². The molecule has 1 aliphatic heterocycles. The van der Waals surface area contributed by atoms with Crippen LogP contribution < -0.4 is 0 Å². The van der Waals surface area contributed by atoms with Crippen LogP contribution in [0.25, 0.3) is 0 Å². The van der Waals surface area contributed by atoms with Crippen molar-refractivity contribution in [3.05, 3.63) is 0 Å². The average molecular weight is 308 g/mol. The fraction of sp³-hybridized carbons (Fsp3) is 1.00. The van der Waals surface area contributed by atoms with Crippen molar-refractivity contribution in [2.45, 2.75) is 57.7 Å². The highest BCUT2D eigenvalue weighted by Crippen LogP contribution is 2.54. The van der Waals surface area contributed by atoms with Crippen LogP contribution in [0, 0.1) is 11.8 Å². The molecular formula is C12H21IO. The third kappa shape index (κ3) is 1.84. The van der Waals surface area contributed by atoms with Gasteiger partial charge in [-0.3, -0.25) is 0 Å². The van der Waals surface area contributed by atoms with Crippen molar-refractivity contribution in [1.82, 2.24) is 0 Å². The Morgan fingerprint density at radius 2 is 2.00 bits per heavy atom. The van der Waals surface area contributed by atoms with Crippen LogP contribution in [0.3, 0.4) is 0 Å². The quantitative estimate of drug-likeness (QED) is 0.557. The molecule has 1 heterocycles. The molecule has 0 amide bonds. The Kier molecular flexibility index (Phi) is 2.89. The second kappa shape index (κ2) is 3.62. The largest absolute Gasteiger partial charge is 0.368 e. The van der Waals surface area contributed by atoms with Crippen molar-refractivity contribution in [1.29, 1.82) is 0 Å². The molecule has 2 rings (SSSR count). The van der Waals surface area contributed by atoms with Gasteiger partial charge in [0.1, 0.15) is 0 Å². The molecule has 1 atom stereocenters. The molecule has 0 aromatic carbocycles. The van der Waals surface area contributed by atoms with Gasteiger partial charge in [0.25, 0.3) is 0 Å². The van der Waals surface area contributed by atoms with Crippen molar-refractivity contribution in [3.63, 3.8) is 0 Å². The van der Waals surface area contributed by atoms with E-state index in [-0.39, 0.29) is 5.60 Å². The van der Waals surface area contributed by atoms with Crippen LogP contribution in [-0.4, -0.2) is 15.6 Å². The van der Waals surface area contributed by atoms with Gasteiger partial charge < -0.3 is 4.74 Å². The Hall–Kier alpha value is 0.690. The lowest BCUT2D eigenvalue weighted by molar-refractivity contribution is -0.154. The van der Waals surface area contributed by atoms with Crippen molar-refractivity contribution in [3.8, 4) is 0 Å². The number of halogens is 1. The molecule has 1 spiro atoms. The van der Waals surface area contributed by atoms with Crippen LogP contribution in [0.2, 0.25) is 0 Å². The van der Waals surface area contributed by atoms with Crippen LogP contribution in [0.1, 0.15) is 46.5 Å². The summed E-state index contributed by atoms with van der Waals surface area (Å²) >= 11 is 2.46. The number of rotatable bonds is 2. The summed E-state index contributed by atoms with van der Waals surface area (Å²) in [5.41, 5.74) is 0.483. The molecule has 0 aromatic rings. The van der Waals surface area contributed by atoms with Gasteiger partial charge in [0.15, 0.2) is 0 Å². The predicted octanol–water partition coefficient (Wildman–Crippen LogP) is 3.80. The van der Waals surface area contributed by atoms with Gasteiger partial charge in [-0.15, -0.1) is 0 Å². The topological polar surface area (TPSA) is 9.23 Å². The summed E-state index contributed by atoms with van der Waals surface area (Å²) in [7, 11) is 0. The molecule has 1 saturated carbocycles. The van der Waals surface area contributed by atoms with Gasteiger partial charge in [0.05, 0.1) is 11.2 Å². The van der Waals surface area contributed by atoms with E-state index in [1.807, 2.05) is 0 Å². The number of hydrogen-bond acceptors (Lipinski definition) is 1. The fourth-order valence-electron chi connectivity index (χ4n) is 2.87. The van der Waals surface area contributed by atoms with E-state index < -0.39 is 0 Å². The van der Waals surface area contributed by atoms with Gasteiger partial charge in [-0.2, -0.15) is 0 Å². The Balaban J connectivity index is 1.92. The first-order valence-electron chi connectivity index (χ1n) is 5.75. The number of alkyl halides is 1. The fourth-order valence-corrected chi connectivity index (χ4v) is 3.40. The molecule has 82 valence electrons. The van der Waals surface area contributed by atoms with Crippen molar-refractivity contribution >= 4 is 22.6 Å². The molecular weight excluding hydrogens is 287 g/mol. The minimum Gasteiger partial charge on any atom is -0.368 e. The van der Waals surface area contributed by atoms with Crippen molar-refractivity contribution < 1.29 is 4.74 Å². The first kappa shape index (κ1) is 11.2. The second-order valence-corrected chi connectivity index (χ2v) is 6.54. The molecule has 14 heavy (non-hydrogen) atoms. The van der Waals surface area contributed by atoms with Crippen LogP contribution in [0.15, 0.2) is 0 Å². The van der Waals surface area contributed by atoms with E-state index in [4.69, 9.17) is 4.74 Å². The molecule has 2 fully saturated rings. The smallest absolute Gasteiger partial charge is 0.0752 e. The summed E-state index contributed by atoms with van der Waals surface area (Å²) in [6.07, 6.45) is 5.20. The Labute approximate surface area is 101 Å². The lowest BCUT2D eigenvalue weighted by Gasteiger charge is -2.47. The zero-order valence-electron chi connectivity index (χ0n) is 9.48. The second-order valence-electron chi connectivity index (χ2n) is 5.78. The molecule has 1 unspecified atom stereocenters. The van der Waals surface area contributed by atoms with Crippen molar-refractivity contribution in [2.24, 2.45) is 11.8 Å². The molecule has 1 nitrogen and oxygen atoms in total. The van der Waals surface area contributed by atoms with E-state index >= 15 is 0 Å². The van der Waals surface area contributed by atoms with Gasteiger partial charge in [-0.05, 0) is 44.4 Å². The summed E-state index contributed by atoms with van der Waals surface area (Å²) in [5.74, 6) is 1.77. The minimum absolute atomic E-state index is 0.183. The van der Waals surface area contributed by atoms with Gasteiger partial charge in [-0.25, -0.2) is 0 Å². The molecule has 0 bridgehead atoms. The molecule has 2 aliphatic rings. The maximum atomic E-state index is 6.29. The van der Waals surface area contributed by atoms with Gasteiger partial charge >= 0.3 is 0 Å². The zero-order chi connectivity index (χ0) is 10.4. The number of hydrogen-bond donors (Lipinski definition) is 0. The lowest BCUT2D eigenvalue weighted by Crippen LogP contribution is -2.47. The van der Waals surface area contributed by atoms with E-state index in [9.17, 15) is 0 Å². The molecule has 1 aliphatic carbocycles. The summed E-state index contributed by atoms with van der Waals surface area (Å²) in [5, 5.41) is 0. The Morgan fingerprint density at radius 1 is 1.36 bits per heavy atom. The third-order valence-corrected chi connectivity index (χ3v) is 5.68. The van der Waals surface area contributed by atoms with Crippen LogP contribution in [0.4, 0.5) is 0 Å². The highest BCUT2D eigenvalue weighted by molar-refractivity contribution is 14.1. The summed E-state index contributed by atoms with van der Waals surface area (Å²) < 4.78 is 7.43. The standard InChI is InChI=1S/C12H21IO/c1-9(2)10-6-12(7-10)5-4-11(3,8-13)14-12/h9-10H,4-8H2,1-3H3. The molecule has 0 aromatic heterocycles. The van der Waals surface area contributed by atoms with E-state index in [2.05, 4.69) is 43.4 Å². The summed E-state index contributed by atoms with van der Waals surface area (Å²) in [4.78, 5) is 0. The van der Waals surface area contributed by atoms with E-state index in [0.717, 1.165) is 16.3 Å². The monoisotopic (exact) mass is 308 g/mol. The van der Waals surface area contributed by atoms with Gasteiger partial charge in [0, 0.05) is 4.43 Å². The van der Waals surface area contributed by atoms with Crippen LogP contribution in [0.5, 0.6) is 0 Å². The highest BCUT2D eigenvalue weighted by Gasteiger charge is 2.53. The minimum atomic E-state index is 0.183. The molecule has 0 N–H and O–H groups in total. The first-order valence-corrected chi connectivity index (χ1v) is 7.27. The maximum Gasteiger partial charge on any atom is 0.0752 e. The lowest BCUT2D eigenvalue weighted by atomic mass is 9.65. The predicted molar refractivity (Wildman–Crippen MR) is 67.9 cm³/mol. The molecule has 2 heteroatoms.